The number of hydrogen-bond donors (Lipinski definition) is 0. The van der Waals surface area contributed by atoms with E-state index in [1.807, 2.05) is 6.92 Å². The highest BCUT2D eigenvalue weighted by Crippen LogP contribution is 2.28. The van der Waals surface area contributed by atoms with Crippen molar-refractivity contribution in [2.75, 3.05) is 0 Å². The highest BCUT2D eigenvalue weighted by Gasteiger charge is 2.11. The van der Waals surface area contributed by atoms with Crippen molar-refractivity contribution in [3.8, 4) is 0 Å². The van der Waals surface area contributed by atoms with E-state index in [-0.39, 0.29) is 5.82 Å². The summed E-state index contributed by atoms with van der Waals surface area (Å²) in [5.74, 6) is 0.198. The number of benzene rings is 1. The summed E-state index contributed by atoms with van der Waals surface area (Å²) in [7, 11) is 0. The van der Waals surface area contributed by atoms with Crippen LogP contribution in [0.2, 0.25) is 5.02 Å². The van der Waals surface area contributed by atoms with Crippen LogP contribution in [0.5, 0.6) is 0 Å². The molecule has 2 rings (SSSR count). The van der Waals surface area contributed by atoms with Gasteiger partial charge >= 0.3 is 0 Å². The Morgan fingerprint density at radius 1 is 1.35 bits per heavy atom. The molecule has 3 heteroatoms. The van der Waals surface area contributed by atoms with Gasteiger partial charge in [-0.15, -0.1) is 0 Å². The third kappa shape index (κ3) is 2.42. The first-order valence-electron chi connectivity index (χ1n) is 5.73. The van der Waals surface area contributed by atoms with Crippen LogP contribution < -0.4 is 0 Å². The maximum Gasteiger partial charge on any atom is 0.134 e. The quantitative estimate of drug-likeness (QED) is 0.764. The molecule has 1 nitrogen and oxygen atoms in total. The molecule has 0 unspecified atom stereocenters. The van der Waals surface area contributed by atoms with Crippen molar-refractivity contribution in [2.45, 2.75) is 27.2 Å². The van der Waals surface area contributed by atoms with Crippen molar-refractivity contribution >= 4 is 22.5 Å². The molecule has 0 aliphatic rings. The van der Waals surface area contributed by atoms with Crippen molar-refractivity contribution in [1.82, 2.24) is 4.98 Å². The average Bonchev–Trinajstić information content (AvgIpc) is 2.22. The number of fused-ring (bicyclic) bond motifs is 1. The normalized spacial score (nSPS) is 11.4. The molecule has 0 aliphatic carbocycles. The fourth-order valence-corrected chi connectivity index (χ4v) is 2.26. The van der Waals surface area contributed by atoms with E-state index in [1.165, 1.54) is 6.07 Å². The molecule has 1 heterocycles. The Labute approximate surface area is 106 Å². The number of rotatable bonds is 2. The predicted molar refractivity (Wildman–Crippen MR) is 70.0 cm³/mol. The zero-order chi connectivity index (χ0) is 12.6. The lowest BCUT2D eigenvalue weighted by molar-refractivity contribution is 0.633. The van der Waals surface area contributed by atoms with Gasteiger partial charge in [0.2, 0.25) is 0 Å². The molecule has 2 aromatic rings. The van der Waals surface area contributed by atoms with Crippen molar-refractivity contribution < 1.29 is 4.39 Å². The minimum absolute atomic E-state index is 0.306. The molecule has 1 aromatic heterocycles. The van der Waals surface area contributed by atoms with Gasteiger partial charge in [-0.05, 0) is 37.0 Å². The molecule has 0 saturated carbocycles. The van der Waals surface area contributed by atoms with E-state index in [4.69, 9.17) is 11.6 Å². The maximum absolute atomic E-state index is 13.7. The average molecular weight is 252 g/mol. The highest BCUT2D eigenvalue weighted by molar-refractivity contribution is 6.35. The molecule has 0 saturated heterocycles. The van der Waals surface area contributed by atoms with Gasteiger partial charge < -0.3 is 0 Å². The second-order valence-corrected chi connectivity index (χ2v) is 5.19. The van der Waals surface area contributed by atoms with Crippen LogP contribution in [0, 0.1) is 18.7 Å². The van der Waals surface area contributed by atoms with Gasteiger partial charge in [-0.1, -0.05) is 31.5 Å². The third-order valence-electron chi connectivity index (χ3n) is 2.73. The minimum Gasteiger partial charge on any atom is -0.252 e. The fourth-order valence-electron chi connectivity index (χ4n) is 1.96. The standard InChI is InChI=1S/C14H15ClFN/c1-8(2)6-10-7-11(15)13-12(16)5-4-9(3)14(13)17-10/h4-5,7-8H,6H2,1-3H3. The van der Waals surface area contributed by atoms with Crippen molar-refractivity contribution in [2.24, 2.45) is 5.92 Å². The van der Waals surface area contributed by atoms with Gasteiger partial charge in [0, 0.05) is 5.69 Å². The fraction of sp³-hybridized carbons (Fsp3) is 0.357. The van der Waals surface area contributed by atoms with E-state index < -0.39 is 0 Å². The Bertz CT molecular complexity index is 564. The number of pyridine rings is 1. The van der Waals surface area contributed by atoms with E-state index in [2.05, 4.69) is 18.8 Å². The first kappa shape index (κ1) is 12.3. The van der Waals surface area contributed by atoms with Crippen molar-refractivity contribution in [1.29, 1.82) is 0 Å². The maximum atomic E-state index is 13.7. The first-order chi connectivity index (χ1) is 7.99. The van der Waals surface area contributed by atoms with E-state index in [9.17, 15) is 4.39 Å². The Kier molecular flexibility index (Phi) is 3.34. The van der Waals surface area contributed by atoms with Crippen LogP contribution in [-0.2, 0) is 6.42 Å². The Morgan fingerprint density at radius 2 is 2.06 bits per heavy atom. The van der Waals surface area contributed by atoms with Gasteiger partial charge in [-0.2, -0.15) is 0 Å². The molecule has 0 atom stereocenters. The van der Waals surface area contributed by atoms with Gasteiger partial charge in [0.15, 0.2) is 0 Å². The molecular weight excluding hydrogens is 237 g/mol. The predicted octanol–water partition coefficient (Wildman–Crippen LogP) is 4.53. The molecule has 1 aromatic carbocycles. The lowest BCUT2D eigenvalue weighted by Crippen LogP contribution is -1.99. The highest BCUT2D eigenvalue weighted by atomic mass is 35.5. The minimum atomic E-state index is -0.306. The summed E-state index contributed by atoms with van der Waals surface area (Å²) in [5, 5.41) is 0.881. The van der Waals surface area contributed by atoms with E-state index in [0.717, 1.165) is 17.7 Å². The molecule has 0 N–H and O–H groups in total. The lowest BCUT2D eigenvalue weighted by Gasteiger charge is -2.09. The molecule has 90 valence electrons. The zero-order valence-electron chi connectivity index (χ0n) is 10.2. The third-order valence-corrected chi connectivity index (χ3v) is 3.03. The molecule has 0 bridgehead atoms. The van der Waals surface area contributed by atoms with Crippen molar-refractivity contribution in [3.05, 3.63) is 40.3 Å². The molecule has 0 fully saturated rings. The molecule has 0 spiro atoms. The van der Waals surface area contributed by atoms with Crippen LogP contribution >= 0.6 is 11.6 Å². The van der Waals surface area contributed by atoms with Gasteiger partial charge in [0.05, 0.1) is 15.9 Å². The Hall–Kier alpha value is -1.15. The monoisotopic (exact) mass is 251 g/mol. The van der Waals surface area contributed by atoms with E-state index in [1.54, 1.807) is 12.1 Å². The molecular formula is C14H15ClFN. The van der Waals surface area contributed by atoms with Crippen LogP contribution in [0.4, 0.5) is 4.39 Å². The molecule has 0 amide bonds. The van der Waals surface area contributed by atoms with Crippen LogP contribution in [0.15, 0.2) is 18.2 Å². The van der Waals surface area contributed by atoms with Crippen LogP contribution in [0.3, 0.4) is 0 Å². The van der Waals surface area contributed by atoms with Crippen LogP contribution in [0.1, 0.15) is 25.1 Å². The SMILES string of the molecule is Cc1ccc(F)c2c(Cl)cc(CC(C)C)nc12. The van der Waals surface area contributed by atoms with Gasteiger partial charge in [0.25, 0.3) is 0 Å². The second-order valence-electron chi connectivity index (χ2n) is 4.78. The zero-order valence-corrected chi connectivity index (χ0v) is 11.0. The summed E-state index contributed by atoms with van der Waals surface area (Å²) in [6, 6.07) is 4.94. The Balaban J connectivity index is 2.68. The number of aromatic nitrogens is 1. The largest absolute Gasteiger partial charge is 0.252 e. The molecule has 17 heavy (non-hydrogen) atoms. The summed E-state index contributed by atoms with van der Waals surface area (Å²) in [6.07, 6.45) is 0.853. The topological polar surface area (TPSA) is 12.9 Å². The van der Waals surface area contributed by atoms with Gasteiger partial charge in [-0.25, -0.2) is 4.39 Å². The smallest absolute Gasteiger partial charge is 0.134 e. The Morgan fingerprint density at radius 3 is 2.71 bits per heavy atom. The lowest BCUT2D eigenvalue weighted by atomic mass is 10.0. The summed E-state index contributed by atoms with van der Waals surface area (Å²) in [5.41, 5.74) is 2.55. The number of hydrogen-bond acceptors (Lipinski definition) is 1. The number of nitrogens with zero attached hydrogens (tertiary/aromatic N) is 1. The molecule has 0 aliphatic heterocycles. The number of aryl methyl sites for hydroxylation is 1. The van der Waals surface area contributed by atoms with Crippen molar-refractivity contribution in [3.63, 3.8) is 0 Å². The van der Waals surface area contributed by atoms with E-state index in [0.29, 0.717) is 21.8 Å². The summed E-state index contributed by atoms with van der Waals surface area (Å²) in [4.78, 5) is 4.51. The van der Waals surface area contributed by atoms with Gasteiger partial charge in [-0.3, -0.25) is 4.98 Å². The number of halogens is 2. The van der Waals surface area contributed by atoms with Crippen LogP contribution in [0.25, 0.3) is 10.9 Å². The molecule has 0 radical (unpaired) electrons. The summed E-state index contributed by atoms with van der Waals surface area (Å²) < 4.78 is 13.7. The first-order valence-corrected chi connectivity index (χ1v) is 6.11. The van der Waals surface area contributed by atoms with Crippen LogP contribution in [-0.4, -0.2) is 4.98 Å². The summed E-state index contributed by atoms with van der Waals surface area (Å²) in [6.45, 7) is 6.17. The summed E-state index contributed by atoms with van der Waals surface area (Å²) >= 11 is 6.14. The second kappa shape index (κ2) is 4.61. The van der Waals surface area contributed by atoms with E-state index >= 15 is 0 Å². The van der Waals surface area contributed by atoms with Gasteiger partial charge in [0.1, 0.15) is 5.82 Å².